The second-order valence-corrected chi connectivity index (χ2v) is 2.63. The summed E-state index contributed by atoms with van der Waals surface area (Å²) in [6.45, 7) is 4.37. The lowest BCUT2D eigenvalue weighted by molar-refractivity contribution is 0.170. The summed E-state index contributed by atoms with van der Waals surface area (Å²) in [6.07, 6.45) is 0. The van der Waals surface area contributed by atoms with Crippen LogP contribution in [0.5, 0.6) is 0 Å². The Hall–Kier alpha value is 0.330. The van der Waals surface area contributed by atoms with Crippen LogP contribution < -0.4 is 0 Å². The van der Waals surface area contributed by atoms with Gasteiger partial charge in [0.2, 0.25) is 0 Å². The minimum absolute atomic E-state index is 0.104. The molecule has 0 aromatic heterocycles. The molecule has 0 radical (unpaired) electrons. The van der Waals surface area contributed by atoms with Gasteiger partial charge in [-0.25, -0.2) is 0 Å². The molecule has 0 aromatic rings. The van der Waals surface area contributed by atoms with Crippen LogP contribution in [0, 0.1) is 0 Å². The van der Waals surface area contributed by atoms with E-state index in [1.54, 1.807) is 0 Å². The zero-order chi connectivity index (χ0) is 6.08. The first-order chi connectivity index (χ1) is 2.94. The summed E-state index contributed by atoms with van der Waals surface area (Å²) in [7, 11) is 0. The van der Waals surface area contributed by atoms with Crippen LogP contribution in [0.4, 0.5) is 8.78 Å². The SMILES string of the molecule is C=C(C)C(F)(F)I. The summed E-state index contributed by atoms with van der Waals surface area (Å²) in [5.41, 5.74) is -0.104. The highest BCUT2D eigenvalue weighted by Crippen LogP contribution is 2.29. The van der Waals surface area contributed by atoms with Crippen molar-refractivity contribution >= 4 is 22.6 Å². The van der Waals surface area contributed by atoms with Gasteiger partial charge in [0.25, 0.3) is 0 Å². The molecule has 0 aliphatic heterocycles. The Bertz CT molecular complexity index is 82.2. The molecule has 0 aromatic carbocycles. The Morgan fingerprint density at radius 3 is 1.86 bits per heavy atom. The van der Waals surface area contributed by atoms with Crippen molar-refractivity contribution in [3.63, 3.8) is 0 Å². The van der Waals surface area contributed by atoms with Gasteiger partial charge in [0.05, 0.1) is 0 Å². The summed E-state index contributed by atoms with van der Waals surface area (Å²) in [5, 5.41) is 0. The minimum Gasteiger partial charge on any atom is -0.190 e. The Morgan fingerprint density at radius 2 is 1.86 bits per heavy atom. The highest BCUT2D eigenvalue weighted by molar-refractivity contribution is 14.1. The summed E-state index contributed by atoms with van der Waals surface area (Å²) in [6, 6.07) is 0. The Kier molecular flexibility index (Phi) is 2.16. The molecular weight excluding hydrogens is 213 g/mol. The molecule has 0 saturated heterocycles. The van der Waals surface area contributed by atoms with Gasteiger partial charge in [-0.2, -0.15) is 8.78 Å². The molecule has 0 spiro atoms. The van der Waals surface area contributed by atoms with Crippen LogP contribution in [0.25, 0.3) is 0 Å². The first-order valence-electron chi connectivity index (χ1n) is 1.67. The third-order valence-electron chi connectivity index (χ3n) is 0.484. The molecule has 0 N–H and O–H groups in total. The maximum atomic E-state index is 11.7. The fourth-order valence-electron chi connectivity index (χ4n) is 0. The Morgan fingerprint density at radius 1 is 1.71 bits per heavy atom. The molecule has 0 bridgehead atoms. The molecule has 0 aliphatic carbocycles. The molecule has 0 unspecified atom stereocenters. The van der Waals surface area contributed by atoms with E-state index in [4.69, 9.17) is 0 Å². The van der Waals surface area contributed by atoms with E-state index >= 15 is 0 Å². The van der Waals surface area contributed by atoms with E-state index in [9.17, 15) is 8.78 Å². The molecule has 0 heterocycles. The molecule has 0 aliphatic rings. The summed E-state index contributed by atoms with van der Waals surface area (Å²) >= 11 is 1.03. The fraction of sp³-hybridized carbons (Fsp3) is 0.500. The maximum absolute atomic E-state index is 11.7. The van der Waals surface area contributed by atoms with E-state index in [-0.39, 0.29) is 5.57 Å². The second kappa shape index (κ2) is 2.07. The van der Waals surface area contributed by atoms with Gasteiger partial charge < -0.3 is 0 Å². The fourth-order valence-corrected chi connectivity index (χ4v) is 0. The lowest BCUT2D eigenvalue weighted by Crippen LogP contribution is -2.03. The van der Waals surface area contributed by atoms with Gasteiger partial charge in [-0.3, -0.25) is 0 Å². The molecule has 0 amide bonds. The molecule has 0 saturated carbocycles. The van der Waals surface area contributed by atoms with E-state index < -0.39 is 3.93 Å². The molecule has 0 fully saturated rings. The smallest absolute Gasteiger partial charge is 0.190 e. The highest BCUT2D eigenvalue weighted by Gasteiger charge is 2.23. The average molecular weight is 218 g/mol. The maximum Gasteiger partial charge on any atom is 0.317 e. The minimum atomic E-state index is -2.72. The average Bonchev–Trinajstić information content (AvgIpc) is 1.31. The van der Waals surface area contributed by atoms with E-state index in [0.29, 0.717) is 0 Å². The summed E-state index contributed by atoms with van der Waals surface area (Å²) < 4.78 is 20.7. The molecule has 0 rings (SSSR count). The Labute approximate surface area is 54.7 Å². The van der Waals surface area contributed by atoms with Crippen molar-refractivity contribution in [2.45, 2.75) is 10.9 Å². The standard InChI is InChI=1S/C4H5F2I/c1-3(2)4(5,6)7/h1H2,2H3. The van der Waals surface area contributed by atoms with Crippen molar-refractivity contribution in [3.8, 4) is 0 Å². The first kappa shape index (κ1) is 7.33. The van der Waals surface area contributed by atoms with Crippen molar-refractivity contribution in [1.82, 2.24) is 0 Å². The second-order valence-electron chi connectivity index (χ2n) is 1.28. The zero-order valence-corrected chi connectivity index (χ0v) is 6.00. The molecule has 3 heteroatoms. The van der Waals surface area contributed by atoms with Crippen LogP contribution in [-0.2, 0) is 0 Å². The molecule has 0 nitrogen and oxygen atoms in total. The summed E-state index contributed by atoms with van der Waals surface area (Å²) in [4.78, 5) is 0. The van der Waals surface area contributed by atoms with Crippen molar-refractivity contribution in [1.29, 1.82) is 0 Å². The van der Waals surface area contributed by atoms with Gasteiger partial charge in [0, 0.05) is 22.6 Å². The topological polar surface area (TPSA) is 0 Å². The van der Waals surface area contributed by atoms with E-state index in [1.165, 1.54) is 6.92 Å². The zero-order valence-electron chi connectivity index (χ0n) is 3.84. The van der Waals surface area contributed by atoms with Crippen LogP contribution in [0.3, 0.4) is 0 Å². The largest absolute Gasteiger partial charge is 0.317 e. The van der Waals surface area contributed by atoms with Crippen LogP contribution in [0.1, 0.15) is 6.92 Å². The van der Waals surface area contributed by atoms with E-state index in [1.807, 2.05) is 0 Å². The highest BCUT2D eigenvalue weighted by atomic mass is 127. The lowest BCUT2D eigenvalue weighted by Gasteiger charge is -2.04. The van der Waals surface area contributed by atoms with Crippen molar-refractivity contribution in [2.75, 3.05) is 0 Å². The number of hydrogen-bond acceptors (Lipinski definition) is 0. The van der Waals surface area contributed by atoms with Gasteiger partial charge in [0.1, 0.15) is 0 Å². The van der Waals surface area contributed by atoms with Crippen molar-refractivity contribution < 1.29 is 8.78 Å². The predicted octanol–water partition coefficient (Wildman–Crippen LogP) is 2.59. The third kappa shape index (κ3) is 2.96. The Balaban J connectivity index is 3.79. The predicted molar refractivity (Wildman–Crippen MR) is 33.8 cm³/mol. The normalized spacial score (nSPS) is 11.4. The molecule has 7 heavy (non-hydrogen) atoms. The first-order valence-corrected chi connectivity index (χ1v) is 2.75. The molecular formula is C4H5F2I. The van der Waals surface area contributed by atoms with Gasteiger partial charge in [-0.15, -0.1) is 0 Å². The monoisotopic (exact) mass is 218 g/mol. The van der Waals surface area contributed by atoms with Gasteiger partial charge >= 0.3 is 3.93 Å². The summed E-state index contributed by atoms with van der Waals surface area (Å²) in [5.74, 6) is 0. The quantitative estimate of drug-likeness (QED) is 0.360. The van der Waals surface area contributed by atoms with Gasteiger partial charge in [0.15, 0.2) is 0 Å². The molecule has 42 valence electrons. The number of hydrogen-bond donors (Lipinski definition) is 0. The van der Waals surface area contributed by atoms with E-state index in [2.05, 4.69) is 6.58 Å². The van der Waals surface area contributed by atoms with Crippen LogP contribution >= 0.6 is 22.6 Å². The van der Waals surface area contributed by atoms with Crippen LogP contribution in [-0.4, -0.2) is 3.93 Å². The van der Waals surface area contributed by atoms with Gasteiger partial charge in [-0.05, 0) is 12.5 Å². The van der Waals surface area contributed by atoms with Crippen LogP contribution in [0.15, 0.2) is 12.2 Å². The van der Waals surface area contributed by atoms with E-state index in [0.717, 1.165) is 22.6 Å². The van der Waals surface area contributed by atoms with Gasteiger partial charge in [-0.1, -0.05) is 6.58 Å². The number of alkyl halides is 3. The number of rotatable bonds is 1. The van der Waals surface area contributed by atoms with Crippen molar-refractivity contribution in [3.05, 3.63) is 12.2 Å². The lowest BCUT2D eigenvalue weighted by atomic mass is 10.4. The third-order valence-corrected chi connectivity index (χ3v) is 1.40. The number of halogens is 3. The van der Waals surface area contributed by atoms with Crippen molar-refractivity contribution in [2.24, 2.45) is 0 Å². The number of allylic oxidation sites excluding steroid dienone is 1. The van der Waals surface area contributed by atoms with Crippen LogP contribution in [0.2, 0.25) is 0 Å². The molecule has 0 atom stereocenters.